The van der Waals surface area contributed by atoms with Crippen molar-refractivity contribution in [1.82, 2.24) is 4.90 Å². The van der Waals surface area contributed by atoms with E-state index in [1.54, 1.807) is 0 Å². The van der Waals surface area contributed by atoms with Crippen molar-refractivity contribution in [3.05, 3.63) is 0 Å². The predicted molar refractivity (Wildman–Crippen MR) is 57.9 cm³/mol. The zero-order valence-corrected chi connectivity index (χ0v) is 9.15. The van der Waals surface area contributed by atoms with Crippen molar-refractivity contribution in [2.75, 3.05) is 13.6 Å². The average Bonchev–Trinajstić information content (AvgIpc) is 2.86. The van der Waals surface area contributed by atoms with E-state index in [0.717, 1.165) is 23.8 Å². The third-order valence-corrected chi connectivity index (χ3v) is 4.83. The molecule has 2 N–H and O–H groups in total. The van der Waals surface area contributed by atoms with Gasteiger partial charge in [0.2, 0.25) is 0 Å². The number of hydrogen-bond donors (Lipinski definition) is 1. The molecule has 4 atom stereocenters. The van der Waals surface area contributed by atoms with Gasteiger partial charge in [0.25, 0.3) is 0 Å². The third-order valence-electron chi connectivity index (χ3n) is 4.83. The maximum atomic E-state index is 6.31. The largest absolute Gasteiger partial charge is 0.327 e. The third kappa shape index (κ3) is 1.40. The molecule has 0 aliphatic heterocycles. The Morgan fingerprint density at radius 1 is 1.14 bits per heavy atom. The molecule has 0 aromatic rings. The normalized spacial score (nSPS) is 46.5. The summed E-state index contributed by atoms with van der Waals surface area (Å²) in [6.45, 7) is 1.27. The van der Waals surface area contributed by atoms with Crippen molar-refractivity contribution >= 4 is 0 Å². The molecule has 3 aliphatic rings. The Balaban J connectivity index is 1.61. The van der Waals surface area contributed by atoms with E-state index >= 15 is 0 Å². The fourth-order valence-electron chi connectivity index (χ4n) is 3.72. The molecule has 3 rings (SSSR count). The number of nitrogens with zero attached hydrogens (tertiary/aromatic N) is 1. The minimum absolute atomic E-state index is 0.523. The smallest absolute Gasteiger partial charge is 0.0111 e. The van der Waals surface area contributed by atoms with Gasteiger partial charge in [0.1, 0.15) is 0 Å². The number of fused-ring (bicyclic) bond motifs is 2. The summed E-state index contributed by atoms with van der Waals surface area (Å²) < 4.78 is 0. The maximum absolute atomic E-state index is 6.31. The highest BCUT2D eigenvalue weighted by atomic mass is 15.2. The van der Waals surface area contributed by atoms with E-state index < -0.39 is 0 Å². The molecule has 2 heteroatoms. The zero-order chi connectivity index (χ0) is 9.71. The Hall–Kier alpha value is -0.0800. The molecule has 0 spiro atoms. The molecule has 0 radical (unpaired) electrons. The molecule has 0 heterocycles. The van der Waals surface area contributed by atoms with Gasteiger partial charge in [-0.2, -0.15) is 0 Å². The van der Waals surface area contributed by atoms with Crippen LogP contribution in [0.15, 0.2) is 0 Å². The lowest BCUT2D eigenvalue weighted by atomic mass is 9.84. The van der Waals surface area contributed by atoms with E-state index in [0.29, 0.717) is 6.04 Å². The lowest BCUT2D eigenvalue weighted by Crippen LogP contribution is -2.42. The average molecular weight is 194 g/mol. The van der Waals surface area contributed by atoms with Crippen molar-refractivity contribution in [1.29, 1.82) is 0 Å². The molecule has 3 aliphatic carbocycles. The summed E-state index contributed by atoms with van der Waals surface area (Å²) >= 11 is 0. The summed E-state index contributed by atoms with van der Waals surface area (Å²) in [6, 6.07) is 1.43. The van der Waals surface area contributed by atoms with Gasteiger partial charge in [0, 0.05) is 18.6 Å². The van der Waals surface area contributed by atoms with Crippen LogP contribution in [0.25, 0.3) is 0 Å². The first kappa shape index (κ1) is 9.17. The topological polar surface area (TPSA) is 29.3 Å². The summed E-state index contributed by atoms with van der Waals surface area (Å²) in [4.78, 5) is 2.56. The minimum atomic E-state index is 0.523. The molecule has 3 fully saturated rings. The van der Waals surface area contributed by atoms with Gasteiger partial charge in [0.15, 0.2) is 0 Å². The first-order chi connectivity index (χ1) is 6.75. The van der Waals surface area contributed by atoms with E-state index in [9.17, 15) is 0 Å². The molecular formula is C12H22N2. The van der Waals surface area contributed by atoms with Crippen LogP contribution in [0.2, 0.25) is 0 Å². The lowest BCUT2D eigenvalue weighted by molar-refractivity contribution is 0.194. The fraction of sp³-hybridized carbons (Fsp3) is 1.00. The van der Waals surface area contributed by atoms with Gasteiger partial charge in [-0.1, -0.05) is 0 Å². The van der Waals surface area contributed by atoms with Crippen LogP contribution in [0.3, 0.4) is 0 Å². The second-order valence-corrected chi connectivity index (χ2v) is 5.75. The van der Waals surface area contributed by atoms with Crippen LogP contribution in [0.1, 0.15) is 32.1 Å². The fourth-order valence-corrected chi connectivity index (χ4v) is 3.72. The van der Waals surface area contributed by atoms with Crippen LogP contribution in [-0.4, -0.2) is 30.6 Å². The predicted octanol–water partition coefficient (Wildman–Crippen LogP) is 1.45. The van der Waals surface area contributed by atoms with Gasteiger partial charge in [0.05, 0.1) is 0 Å². The van der Waals surface area contributed by atoms with E-state index in [-0.39, 0.29) is 0 Å². The second kappa shape index (κ2) is 3.21. The van der Waals surface area contributed by atoms with Crippen molar-refractivity contribution in [3.8, 4) is 0 Å². The Morgan fingerprint density at radius 3 is 2.43 bits per heavy atom. The molecule has 4 unspecified atom stereocenters. The summed E-state index contributed by atoms with van der Waals surface area (Å²) in [7, 11) is 2.29. The summed E-state index contributed by atoms with van der Waals surface area (Å²) in [5.41, 5.74) is 6.31. The molecular weight excluding hydrogens is 172 g/mol. The first-order valence-corrected chi connectivity index (χ1v) is 6.21. The Kier molecular flexibility index (Phi) is 2.10. The highest BCUT2D eigenvalue weighted by molar-refractivity contribution is 5.00. The Bertz CT molecular complexity index is 222. The molecule has 0 aromatic heterocycles. The molecule has 80 valence electrons. The van der Waals surface area contributed by atoms with Gasteiger partial charge < -0.3 is 10.6 Å². The molecule has 2 bridgehead atoms. The zero-order valence-electron chi connectivity index (χ0n) is 9.15. The van der Waals surface area contributed by atoms with Crippen LogP contribution in [0.5, 0.6) is 0 Å². The van der Waals surface area contributed by atoms with Crippen molar-refractivity contribution in [3.63, 3.8) is 0 Å². The van der Waals surface area contributed by atoms with Crippen LogP contribution in [-0.2, 0) is 0 Å². The summed E-state index contributed by atoms with van der Waals surface area (Å²) in [6.07, 6.45) is 7.15. The van der Waals surface area contributed by atoms with E-state index in [4.69, 9.17) is 5.73 Å². The van der Waals surface area contributed by atoms with Crippen molar-refractivity contribution < 1.29 is 0 Å². The van der Waals surface area contributed by atoms with E-state index in [2.05, 4.69) is 11.9 Å². The molecule has 0 aromatic carbocycles. The molecule has 2 nitrogen and oxygen atoms in total. The van der Waals surface area contributed by atoms with Crippen LogP contribution < -0.4 is 5.73 Å². The van der Waals surface area contributed by atoms with Gasteiger partial charge in [-0.05, 0) is 56.9 Å². The van der Waals surface area contributed by atoms with E-state index in [1.165, 1.54) is 38.6 Å². The van der Waals surface area contributed by atoms with Crippen LogP contribution >= 0.6 is 0 Å². The highest BCUT2D eigenvalue weighted by Gasteiger charge is 2.46. The molecule has 0 amide bonds. The monoisotopic (exact) mass is 194 g/mol. The minimum Gasteiger partial charge on any atom is -0.327 e. The SMILES string of the molecule is CN(CC1C2CCC(C2)C1N)C1CC1. The van der Waals surface area contributed by atoms with Gasteiger partial charge in [-0.25, -0.2) is 0 Å². The maximum Gasteiger partial charge on any atom is 0.0111 e. The highest BCUT2D eigenvalue weighted by Crippen LogP contribution is 2.48. The molecule has 14 heavy (non-hydrogen) atoms. The second-order valence-electron chi connectivity index (χ2n) is 5.75. The molecule has 0 saturated heterocycles. The van der Waals surface area contributed by atoms with Crippen molar-refractivity contribution in [2.45, 2.75) is 44.2 Å². The number of hydrogen-bond acceptors (Lipinski definition) is 2. The van der Waals surface area contributed by atoms with E-state index in [1.807, 2.05) is 0 Å². The summed E-state index contributed by atoms with van der Waals surface area (Å²) in [5, 5.41) is 0. The Morgan fingerprint density at radius 2 is 1.86 bits per heavy atom. The lowest BCUT2D eigenvalue weighted by Gasteiger charge is -2.31. The van der Waals surface area contributed by atoms with Gasteiger partial charge in [-0.15, -0.1) is 0 Å². The quantitative estimate of drug-likeness (QED) is 0.737. The number of rotatable bonds is 3. The number of nitrogens with two attached hydrogens (primary N) is 1. The van der Waals surface area contributed by atoms with Gasteiger partial charge >= 0.3 is 0 Å². The van der Waals surface area contributed by atoms with Crippen LogP contribution in [0, 0.1) is 17.8 Å². The summed E-state index contributed by atoms with van der Waals surface area (Å²) in [5.74, 6) is 2.66. The standard InChI is InChI=1S/C12H22N2/c1-14(10-4-5-10)7-11-8-2-3-9(6-8)12(11)13/h8-12H,2-7,13H2,1H3. The molecule has 3 saturated carbocycles. The van der Waals surface area contributed by atoms with Crippen LogP contribution in [0.4, 0.5) is 0 Å². The van der Waals surface area contributed by atoms with Crippen molar-refractivity contribution in [2.24, 2.45) is 23.5 Å². The Labute approximate surface area is 86.8 Å². The first-order valence-electron chi connectivity index (χ1n) is 6.21. The van der Waals surface area contributed by atoms with Gasteiger partial charge in [-0.3, -0.25) is 0 Å².